The first-order valence-electron chi connectivity index (χ1n) is 8.28. The number of aliphatic hydroxyl groups is 1. The van der Waals surface area contributed by atoms with Crippen LogP contribution in [0.3, 0.4) is 0 Å². The quantitative estimate of drug-likeness (QED) is 0.223. The number of carbonyl (C=O) groups excluding carboxylic acids is 2. The number of nitrogens with zero attached hydrogens (tertiary/aromatic N) is 1. The zero-order chi connectivity index (χ0) is 22.5. The summed E-state index contributed by atoms with van der Waals surface area (Å²) in [6, 6.07) is 6.62. The fourth-order valence-corrected chi connectivity index (χ4v) is 3.21. The Hall–Kier alpha value is -3.21. The third kappa shape index (κ3) is 5.44. The number of aliphatic imine (C=N–C) groups is 1. The molecular weight excluding hydrogens is 430 g/mol. The minimum Gasteiger partial charge on any atom is -0.504 e. The van der Waals surface area contributed by atoms with Crippen LogP contribution in [0.1, 0.15) is 16.6 Å². The molecule has 0 radical (unpaired) electrons. The van der Waals surface area contributed by atoms with E-state index in [-0.39, 0.29) is 17.2 Å². The van der Waals surface area contributed by atoms with Crippen molar-refractivity contribution in [2.75, 3.05) is 13.7 Å². The van der Waals surface area contributed by atoms with Crippen molar-refractivity contribution in [1.29, 1.82) is 0 Å². The van der Waals surface area contributed by atoms with Crippen molar-refractivity contribution in [3.63, 3.8) is 0 Å². The van der Waals surface area contributed by atoms with Gasteiger partial charge in [-0.25, -0.2) is 14.0 Å². The zero-order valence-corrected chi connectivity index (χ0v) is 16.4. The molecule has 0 fully saturated rings. The van der Waals surface area contributed by atoms with Crippen LogP contribution >= 0.6 is 11.3 Å². The van der Waals surface area contributed by atoms with Gasteiger partial charge in [-0.2, -0.15) is 13.2 Å². The Bertz CT molecular complexity index is 993. The Morgan fingerprint density at radius 2 is 1.87 bits per heavy atom. The number of methoxy groups -OCH3 is 1. The molecule has 0 aliphatic heterocycles. The molecule has 1 aromatic carbocycles. The summed E-state index contributed by atoms with van der Waals surface area (Å²) < 4.78 is 60.9. The normalized spacial score (nSPS) is 12.6. The summed E-state index contributed by atoms with van der Waals surface area (Å²) in [6.07, 6.45) is -4.75. The minimum absolute atomic E-state index is 0.0669. The van der Waals surface area contributed by atoms with Crippen LogP contribution in [0, 0.1) is 5.82 Å². The van der Waals surface area contributed by atoms with Crippen LogP contribution in [-0.4, -0.2) is 43.2 Å². The van der Waals surface area contributed by atoms with E-state index in [1.54, 1.807) is 0 Å². The first-order valence-corrected chi connectivity index (χ1v) is 9.09. The first kappa shape index (κ1) is 23.1. The van der Waals surface area contributed by atoms with E-state index in [1.165, 1.54) is 37.3 Å². The average molecular weight is 445 g/mol. The zero-order valence-electron chi connectivity index (χ0n) is 15.6. The van der Waals surface area contributed by atoms with Crippen LogP contribution in [0.2, 0.25) is 0 Å². The third-order valence-corrected chi connectivity index (χ3v) is 4.72. The highest BCUT2D eigenvalue weighted by Gasteiger charge is 2.38. The van der Waals surface area contributed by atoms with Crippen LogP contribution in [-0.2, 0) is 14.3 Å². The number of allylic oxidation sites excluding steroid dienone is 1. The average Bonchev–Trinajstić information content (AvgIpc) is 3.11. The number of esters is 2. The van der Waals surface area contributed by atoms with Crippen LogP contribution < -0.4 is 0 Å². The summed E-state index contributed by atoms with van der Waals surface area (Å²) in [5.74, 6) is -4.92. The van der Waals surface area contributed by atoms with Crippen molar-refractivity contribution in [2.24, 2.45) is 4.99 Å². The molecule has 0 atom stereocenters. The van der Waals surface area contributed by atoms with Gasteiger partial charge in [-0.3, -0.25) is 4.99 Å². The van der Waals surface area contributed by atoms with Gasteiger partial charge in [0, 0.05) is 11.1 Å². The van der Waals surface area contributed by atoms with Gasteiger partial charge in [0.25, 0.3) is 0 Å². The highest BCUT2D eigenvalue weighted by atomic mass is 32.1. The second-order valence-corrected chi connectivity index (χ2v) is 6.61. The summed E-state index contributed by atoms with van der Waals surface area (Å²) >= 11 is 0.908. The molecule has 11 heteroatoms. The molecule has 2 rings (SSSR count). The predicted molar refractivity (Wildman–Crippen MR) is 102 cm³/mol. The van der Waals surface area contributed by atoms with Crippen molar-refractivity contribution < 1.29 is 41.7 Å². The highest BCUT2D eigenvalue weighted by molar-refractivity contribution is 7.18. The molecule has 0 aliphatic carbocycles. The number of hydrogen-bond acceptors (Lipinski definition) is 7. The molecule has 0 unspecified atom stereocenters. The van der Waals surface area contributed by atoms with E-state index in [0.717, 1.165) is 18.4 Å². The number of rotatable bonds is 6. The number of hydrogen-bond donors (Lipinski definition) is 1. The van der Waals surface area contributed by atoms with Gasteiger partial charge in [-0.1, -0.05) is 12.1 Å². The van der Waals surface area contributed by atoms with Crippen molar-refractivity contribution in [1.82, 2.24) is 0 Å². The molecular formula is C19H15F4NO5S. The molecule has 0 saturated heterocycles. The summed E-state index contributed by atoms with van der Waals surface area (Å²) in [6.45, 7) is 1.14. The molecule has 1 heterocycles. The van der Waals surface area contributed by atoms with E-state index in [1.807, 2.05) is 0 Å². The van der Waals surface area contributed by atoms with E-state index in [2.05, 4.69) is 14.5 Å². The standard InChI is InChI=1S/C19H15F4NO5S/c1-3-29-17(26)12(16(25)19(21,22)23)9-24-13-8-14(30-15(13)18(27)28-2)10-4-6-11(20)7-5-10/h4-9,25H,3H2,1-2H3/b16-12+,24-9?. The number of thiophene rings is 1. The van der Waals surface area contributed by atoms with Crippen molar-refractivity contribution in [3.05, 3.63) is 52.4 Å². The van der Waals surface area contributed by atoms with Crippen molar-refractivity contribution >= 4 is 35.2 Å². The molecule has 0 aliphatic rings. The number of halogens is 4. The molecule has 30 heavy (non-hydrogen) atoms. The van der Waals surface area contributed by atoms with Gasteiger partial charge < -0.3 is 14.6 Å². The van der Waals surface area contributed by atoms with Gasteiger partial charge >= 0.3 is 18.1 Å². The second kappa shape index (κ2) is 9.53. The molecule has 0 saturated carbocycles. The van der Waals surface area contributed by atoms with Gasteiger partial charge in [0.05, 0.1) is 19.4 Å². The number of ether oxygens (including phenoxy) is 2. The highest BCUT2D eigenvalue weighted by Crippen LogP contribution is 2.37. The van der Waals surface area contributed by atoms with E-state index < -0.39 is 35.3 Å². The number of alkyl halides is 3. The largest absolute Gasteiger partial charge is 0.504 e. The SMILES string of the molecule is CCOC(=O)/C(C=Nc1cc(-c2ccc(F)cc2)sc1C(=O)OC)=C(/O)C(F)(F)F. The lowest BCUT2D eigenvalue weighted by Crippen LogP contribution is -2.20. The Kier molecular flexibility index (Phi) is 7.33. The van der Waals surface area contributed by atoms with Crippen LogP contribution in [0.4, 0.5) is 23.2 Å². The summed E-state index contributed by atoms with van der Waals surface area (Å²) in [7, 11) is 1.10. The summed E-state index contributed by atoms with van der Waals surface area (Å²) in [5, 5.41) is 9.39. The number of benzene rings is 1. The minimum atomic E-state index is -5.22. The maximum absolute atomic E-state index is 13.1. The third-order valence-electron chi connectivity index (χ3n) is 3.56. The van der Waals surface area contributed by atoms with Gasteiger partial charge in [-0.05, 0) is 30.7 Å². The molecule has 6 nitrogen and oxygen atoms in total. The molecule has 2 aromatic rings. The Labute approximate surface area is 172 Å². The van der Waals surface area contributed by atoms with Gasteiger partial charge in [0.15, 0.2) is 0 Å². The second-order valence-electron chi connectivity index (χ2n) is 5.56. The summed E-state index contributed by atoms with van der Waals surface area (Å²) in [4.78, 5) is 28.0. The van der Waals surface area contributed by atoms with Crippen molar-refractivity contribution in [2.45, 2.75) is 13.1 Å². The van der Waals surface area contributed by atoms with Crippen molar-refractivity contribution in [3.8, 4) is 10.4 Å². The first-order chi connectivity index (χ1) is 14.1. The molecule has 1 aromatic heterocycles. The maximum atomic E-state index is 13.1. The smallest absolute Gasteiger partial charge is 0.449 e. The lowest BCUT2D eigenvalue weighted by atomic mass is 10.2. The van der Waals surface area contributed by atoms with Gasteiger partial charge in [-0.15, -0.1) is 11.3 Å². The number of aliphatic hydroxyl groups excluding tert-OH is 1. The van der Waals surface area contributed by atoms with E-state index in [9.17, 15) is 32.3 Å². The van der Waals surface area contributed by atoms with Crippen LogP contribution in [0.25, 0.3) is 10.4 Å². The van der Waals surface area contributed by atoms with Crippen LogP contribution in [0.5, 0.6) is 0 Å². The van der Waals surface area contributed by atoms with E-state index in [4.69, 9.17) is 0 Å². The molecule has 0 amide bonds. The topological polar surface area (TPSA) is 85.2 Å². The van der Waals surface area contributed by atoms with Crippen LogP contribution in [0.15, 0.2) is 46.7 Å². The molecule has 0 bridgehead atoms. The van der Waals surface area contributed by atoms with E-state index >= 15 is 0 Å². The van der Waals surface area contributed by atoms with E-state index in [0.29, 0.717) is 16.7 Å². The fourth-order valence-electron chi connectivity index (χ4n) is 2.18. The molecule has 160 valence electrons. The predicted octanol–water partition coefficient (Wildman–Crippen LogP) is 4.98. The Morgan fingerprint density at radius 1 is 1.23 bits per heavy atom. The Balaban J connectivity index is 2.55. The molecule has 1 N–H and O–H groups in total. The number of carbonyl (C=O) groups is 2. The Morgan fingerprint density at radius 3 is 2.40 bits per heavy atom. The lowest BCUT2D eigenvalue weighted by Gasteiger charge is -2.09. The lowest BCUT2D eigenvalue weighted by molar-refractivity contribution is -0.141. The fraction of sp³-hybridized carbons (Fsp3) is 0.211. The van der Waals surface area contributed by atoms with Gasteiger partial charge in [0.1, 0.15) is 16.3 Å². The maximum Gasteiger partial charge on any atom is 0.449 e. The summed E-state index contributed by atoms with van der Waals surface area (Å²) in [5.41, 5.74) is -0.815. The van der Waals surface area contributed by atoms with Gasteiger partial charge in [0.2, 0.25) is 5.76 Å². The monoisotopic (exact) mass is 445 g/mol. The molecule has 0 spiro atoms.